The van der Waals surface area contributed by atoms with E-state index in [0.29, 0.717) is 0 Å². The van der Waals surface area contributed by atoms with Crippen molar-refractivity contribution >= 4 is 18.1 Å². The van der Waals surface area contributed by atoms with Crippen molar-refractivity contribution in [2.24, 2.45) is 0 Å². The van der Waals surface area contributed by atoms with Crippen LogP contribution in [0, 0.1) is 0 Å². The molecule has 66 valence electrons. The first-order valence-electron chi connectivity index (χ1n) is 4.26. The molecule has 0 spiro atoms. The number of anilines is 1. The standard InChI is InChI=1S/C10H13N.ClH/c1-2-8-3-4-9-5-6-11-10(9)7-8;/h3-4,7,11H,2,5-6H2,1H3;1H. The number of aryl methyl sites for hydroxylation is 1. The van der Waals surface area contributed by atoms with Crippen LogP contribution in [0.15, 0.2) is 18.2 Å². The molecule has 0 aliphatic carbocycles. The highest BCUT2D eigenvalue weighted by Crippen LogP contribution is 2.23. The van der Waals surface area contributed by atoms with Gasteiger partial charge in [0, 0.05) is 12.2 Å². The fourth-order valence-corrected chi connectivity index (χ4v) is 1.56. The predicted molar refractivity (Wildman–Crippen MR) is 55.3 cm³/mol. The second-order valence-corrected chi connectivity index (χ2v) is 3.02. The molecular weight excluding hydrogens is 170 g/mol. The maximum atomic E-state index is 3.37. The Morgan fingerprint density at radius 3 is 3.00 bits per heavy atom. The molecule has 2 heteroatoms. The Bertz CT molecular complexity index is 271. The lowest BCUT2D eigenvalue weighted by Crippen LogP contribution is -1.91. The molecule has 0 radical (unpaired) electrons. The summed E-state index contributed by atoms with van der Waals surface area (Å²) in [4.78, 5) is 0. The smallest absolute Gasteiger partial charge is 0.0376 e. The molecule has 0 atom stereocenters. The Balaban J connectivity index is 0.000000720. The van der Waals surface area contributed by atoms with Crippen LogP contribution < -0.4 is 5.32 Å². The van der Waals surface area contributed by atoms with Crippen LogP contribution in [0.2, 0.25) is 0 Å². The van der Waals surface area contributed by atoms with Crippen LogP contribution in [0.25, 0.3) is 0 Å². The third-order valence-electron chi connectivity index (χ3n) is 2.29. The predicted octanol–water partition coefficient (Wildman–Crippen LogP) is 2.64. The molecule has 2 rings (SSSR count). The molecule has 0 saturated carbocycles. The first-order chi connectivity index (χ1) is 5.40. The largest absolute Gasteiger partial charge is 0.384 e. The van der Waals surface area contributed by atoms with Gasteiger partial charge in [0.05, 0.1) is 0 Å². The van der Waals surface area contributed by atoms with Gasteiger partial charge in [-0.2, -0.15) is 0 Å². The lowest BCUT2D eigenvalue weighted by Gasteiger charge is -2.01. The van der Waals surface area contributed by atoms with Gasteiger partial charge in [0.1, 0.15) is 0 Å². The Hall–Kier alpha value is -0.690. The van der Waals surface area contributed by atoms with Gasteiger partial charge in [0.2, 0.25) is 0 Å². The average Bonchev–Trinajstić information content (AvgIpc) is 2.50. The Morgan fingerprint density at radius 1 is 1.42 bits per heavy atom. The topological polar surface area (TPSA) is 12.0 Å². The van der Waals surface area contributed by atoms with Crippen LogP contribution >= 0.6 is 12.4 Å². The molecule has 0 unspecified atom stereocenters. The summed E-state index contributed by atoms with van der Waals surface area (Å²) in [7, 11) is 0. The lowest BCUT2D eigenvalue weighted by molar-refractivity contribution is 1.10. The molecule has 1 aromatic rings. The van der Waals surface area contributed by atoms with Crippen LogP contribution in [0.1, 0.15) is 18.1 Å². The van der Waals surface area contributed by atoms with Crippen LogP contribution in [0.4, 0.5) is 5.69 Å². The van der Waals surface area contributed by atoms with E-state index in [1.807, 2.05) is 0 Å². The summed E-state index contributed by atoms with van der Waals surface area (Å²) >= 11 is 0. The summed E-state index contributed by atoms with van der Waals surface area (Å²) in [5.41, 5.74) is 4.25. The maximum absolute atomic E-state index is 3.37. The van der Waals surface area contributed by atoms with E-state index < -0.39 is 0 Å². The van der Waals surface area contributed by atoms with Crippen molar-refractivity contribution in [2.45, 2.75) is 19.8 Å². The molecule has 1 N–H and O–H groups in total. The highest BCUT2D eigenvalue weighted by Gasteiger charge is 2.08. The lowest BCUT2D eigenvalue weighted by atomic mass is 10.1. The Labute approximate surface area is 79.6 Å². The van der Waals surface area contributed by atoms with Gasteiger partial charge in [-0.05, 0) is 30.0 Å². The van der Waals surface area contributed by atoms with Crippen molar-refractivity contribution in [1.82, 2.24) is 0 Å². The van der Waals surface area contributed by atoms with Crippen LogP contribution in [-0.4, -0.2) is 6.54 Å². The van der Waals surface area contributed by atoms with E-state index in [1.54, 1.807) is 0 Å². The van der Waals surface area contributed by atoms with Gasteiger partial charge in [0.15, 0.2) is 0 Å². The average molecular weight is 184 g/mol. The molecule has 0 amide bonds. The van der Waals surface area contributed by atoms with E-state index in [2.05, 4.69) is 30.4 Å². The number of benzene rings is 1. The quantitative estimate of drug-likeness (QED) is 0.706. The van der Waals surface area contributed by atoms with E-state index >= 15 is 0 Å². The van der Waals surface area contributed by atoms with Gasteiger partial charge in [-0.3, -0.25) is 0 Å². The summed E-state index contributed by atoms with van der Waals surface area (Å²) in [6, 6.07) is 6.74. The monoisotopic (exact) mass is 183 g/mol. The second kappa shape index (κ2) is 3.81. The molecule has 12 heavy (non-hydrogen) atoms. The minimum atomic E-state index is 0. The molecule has 0 saturated heterocycles. The molecule has 1 aliphatic rings. The summed E-state index contributed by atoms with van der Waals surface area (Å²) in [5, 5.41) is 3.37. The number of fused-ring (bicyclic) bond motifs is 1. The van der Waals surface area contributed by atoms with Crippen LogP contribution in [-0.2, 0) is 12.8 Å². The first kappa shape index (κ1) is 9.40. The van der Waals surface area contributed by atoms with Gasteiger partial charge in [-0.15, -0.1) is 12.4 Å². The molecule has 1 heterocycles. The van der Waals surface area contributed by atoms with Gasteiger partial charge >= 0.3 is 0 Å². The summed E-state index contributed by atoms with van der Waals surface area (Å²) in [6.45, 7) is 3.30. The third-order valence-corrected chi connectivity index (χ3v) is 2.29. The van der Waals surface area contributed by atoms with Crippen LogP contribution in [0.3, 0.4) is 0 Å². The minimum Gasteiger partial charge on any atom is -0.384 e. The molecule has 0 aromatic heterocycles. The minimum absolute atomic E-state index is 0. The first-order valence-corrected chi connectivity index (χ1v) is 4.26. The zero-order valence-corrected chi connectivity index (χ0v) is 8.08. The van der Waals surface area contributed by atoms with E-state index in [0.717, 1.165) is 13.0 Å². The highest BCUT2D eigenvalue weighted by molar-refractivity contribution is 5.85. The van der Waals surface area contributed by atoms with E-state index in [1.165, 1.54) is 23.2 Å². The van der Waals surface area contributed by atoms with Crippen molar-refractivity contribution in [3.63, 3.8) is 0 Å². The fourth-order valence-electron chi connectivity index (χ4n) is 1.56. The number of rotatable bonds is 1. The molecule has 0 fully saturated rings. The van der Waals surface area contributed by atoms with Crippen LogP contribution in [0.5, 0.6) is 0 Å². The number of halogens is 1. The SMILES string of the molecule is CCc1ccc2c(c1)NCC2.Cl. The molecule has 1 aliphatic heterocycles. The molecule has 1 nitrogen and oxygen atoms in total. The van der Waals surface area contributed by atoms with E-state index in [-0.39, 0.29) is 12.4 Å². The summed E-state index contributed by atoms with van der Waals surface area (Å²) < 4.78 is 0. The second-order valence-electron chi connectivity index (χ2n) is 3.02. The van der Waals surface area contributed by atoms with Crippen molar-refractivity contribution in [1.29, 1.82) is 0 Å². The zero-order chi connectivity index (χ0) is 7.68. The highest BCUT2D eigenvalue weighted by atomic mass is 35.5. The number of hydrogen-bond donors (Lipinski definition) is 1. The van der Waals surface area contributed by atoms with E-state index in [9.17, 15) is 0 Å². The maximum Gasteiger partial charge on any atom is 0.0376 e. The molecule has 1 aromatic carbocycles. The fraction of sp³-hybridized carbons (Fsp3) is 0.400. The summed E-state index contributed by atoms with van der Waals surface area (Å²) in [5.74, 6) is 0. The van der Waals surface area contributed by atoms with Crippen molar-refractivity contribution < 1.29 is 0 Å². The van der Waals surface area contributed by atoms with Crippen molar-refractivity contribution in [2.75, 3.05) is 11.9 Å². The Morgan fingerprint density at radius 2 is 2.25 bits per heavy atom. The number of hydrogen-bond acceptors (Lipinski definition) is 1. The van der Waals surface area contributed by atoms with E-state index in [4.69, 9.17) is 0 Å². The zero-order valence-electron chi connectivity index (χ0n) is 7.26. The Kier molecular flexibility index (Phi) is 2.99. The number of nitrogens with one attached hydrogen (secondary N) is 1. The third kappa shape index (κ3) is 1.56. The molecule has 0 bridgehead atoms. The van der Waals surface area contributed by atoms with Crippen molar-refractivity contribution in [3.8, 4) is 0 Å². The van der Waals surface area contributed by atoms with Gasteiger partial charge in [-0.1, -0.05) is 19.1 Å². The summed E-state index contributed by atoms with van der Waals surface area (Å²) in [6.07, 6.45) is 2.33. The van der Waals surface area contributed by atoms with Gasteiger partial charge < -0.3 is 5.32 Å². The van der Waals surface area contributed by atoms with Gasteiger partial charge in [0.25, 0.3) is 0 Å². The van der Waals surface area contributed by atoms with Gasteiger partial charge in [-0.25, -0.2) is 0 Å². The van der Waals surface area contributed by atoms with Crippen molar-refractivity contribution in [3.05, 3.63) is 29.3 Å². The normalized spacial score (nSPS) is 13.1. The molecular formula is C10H14ClN.